The van der Waals surface area contributed by atoms with Gasteiger partial charge in [-0.05, 0) is 32.4 Å². The highest BCUT2D eigenvalue weighted by atomic mass is 79.9. The number of carbonyl (C=O) groups is 1. The molecule has 0 amide bonds. The molecular formula is C15H22BrNO3. The summed E-state index contributed by atoms with van der Waals surface area (Å²) in [5, 5.41) is 0. The summed E-state index contributed by atoms with van der Waals surface area (Å²) in [4.78, 5) is 11.9. The molecule has 0 heterocycles. The van der Waals surface area contributed by atoms with E-state index >= 15 is 0 Å². The van der Waals surface area contributed by atoms with Crippen LogP contribution in [0, 0.1) is 0 Å². The second kappa shape index (κ2) is 8.27. The van der Waals surface area contributed by atoms with Crippen LogP contribution in [0.2, 0.25) is 0 Å². The van der Waals surface area contributed by atoms with Crippen molar-refractivity contribution in [3.8, 4) is 5.75 Å². The Kier molecular flexibility index (Phi) is 7.02. The molecule has 112 valence electrons. The lowest BCUT2D eigenvalue weighted by Gasteiger charge is -2.20. The molecule has 0 bridgehead atoms. The van der Waals surface area contributed by atoms with E-state index in [0.29, 0.717) is 18.8 Å². The first-order chi connectivity index (χ1) is 9.49. The van der Waals surface area contributed by atoms with Gasteiger partial charge in [0.2, 0.25) is 0 Å². The quantitative estimate of drug-likeness (QED) is 0.768. The van der Waals surface area contributed by atoms with Crippen LogP contribution in [0.15, 0.2) is 22.7 Å². The summed E-state index contributed by atoms with van der Waals surface area (Å²) in [5.41, 5.74) is 6.81. The number of hydrogen-bond acceptors (Lipinski definition) is 4. The minimum absolute atomic E-state index is 0.164. The molecule has 0 radical (unpaired) electrons. The third-order valence-corrected chi connectivity index (χ3v) is 3.33. The monoisotopic (exact) mass is 343 g/mol. The van der Waals surface area contributed by atoms with E-state index in [1.165, 1.54) is 0 Å². The average Bonchev–Trinajstić information content (AvgIpc) is 2.38. The highest BCUT2D eigenvalue weighted by Crippen LogP contribution is 2.29. The van der Waals surface area contributed by atoms with Crippen molar-refractivity contribution in [3.05, 3.63) is 28.2 Å². The normalized spacial score (nSPS) is 13.7. The predicted molar refractivity (Wildman–Crippen MR) is 82.7 cm³/mol. The molecule has 0 aromatic heterocycles. The molecule has 0 saturated heterocycles. The molecule has 0 aliphatic rings. The van der Waals surface area contributed by atoms with Crippen LogP contribution in [-0.2, 0) is 9.53 Å². The molecule has 0 spiro atoms. The minimum Gasteiger partial charge on any atom is -0.478 e. The van der Waals surface area contributed by atoms with Crippen molar-refractivity contribution in [2.75, 3.05) is 6.61 Å². The molecule has 2 unspecified atom stereocenters. The summed E-state index contributed by atoms with van der Waals surface area (Å²) in [6.45, 7) is 6.02. The molecule has 0 saturated carbocycles. The molecule has 4 nitrogen and oxygen atoms in total. The molecule has 0 aliphatic carbocycles. The van der Waals surface area contributed by atoms with E-state index in [1.54, 1.807) is 6.92 Å². The Labute approximate surface area is 128 Å². The fraction of sp³-hybridized carbons (Fsp3) is 0.533. The van der Waals surface area contributed by atoms with Crippen LogP contribution in [-0.4, -0.2) is 18.7 Å². The van der Waals surface area contributed by atoms with Gasteiger partial charge in [-0.3, -0.25) is 0 Å². The zero-order valence-electron chi connectivity index (χ0n) is 12.2. The van der Waals surface area contributed by atoms with E-state index < -0.39 is 6.10 Å². The molecule has 2 atom stereocenters. The molecule has 20 heavy (non-hydrogen) atoms. The number of ether oxygens (including phenoxy) is 2. The zero-order chi connectivity index (χ0) is 15.1. The van der Waals surface area contributed by atoms with Crippen LogP contribution < -0.4 is 10.5 Å². The van der Waals surface area contributed by atoms with Gasteiger partial charge in [-0.15, -0.1) is 0 Å². The summed E-state index contributed by atoms with van der Waals surface area (Å²) >= 11 is 3.41. The Balaban J connectivity index is 2.97. The fourth-order valence-corrected chi connectivity index (χ4v) is 2.20. The third kappa shape index (κ3) is 4.80. The highest BCUT2D eigenvalue weighted by molar-refractivity contribution is 9.10. The lowest BCUT2D eigenvalue weighted by atomic mass is 10.1. The highest BCUT2D eigenvalue weighted by Gasteiger charge is 2.22. The molecular weight excluding hydrogens is 322 g/mol. The Hall–Kier alpha value is -1.07. The first kappa shape index (κ1) is 17.0. The molecule has 0 fully saturated rings. The summed E-state index contributed by atoms with van der Waals surface area (Å²) in [7, 11) is 0. The van der Waals surface area contributed by atoms with Gasteiger partial charge in [-0.1, -0.05) is 35.3 Å². The van der Waals surface area contributed by atoms with Crippen molar-refractivity contribution >= 4 is 21.9 Å². The Morgan fingerprint density at radius 3 is 2.65 bits per heavy atom. The van der Waals surface area contributed by atoms with Crippen LogP contribution >= 0.6 is 15.9 Å². The second-order valence-corrected chi connectivity index (χ2v) is 5.53. The number of halogens is 1. The van der Waals surface area contributed by atoms with Crippen LogP contribution in [0.1, 0.15) is 45.2 Å². The largest absolute Gasteiger partial charge is 0.478 e. The number of hydrogen-bond donors (Lipinski definition) is 1. The van der Waals surface area contributed by atoms with Crippen LogP contribution in [0.5, 0.6) is 5.75 Å². The van der Waals surface area contributed by atoms with E-state index in [9.17, 15) is 4.79 Å². The topological polar surface area (TPSA) is 61.5 Å². The van der Waals surface area contributed by atoms with E-state index in [-0.39, 0.29) is 12.0 Å². The summed E-state index contributed by atoms with van der Waals surface area (Å²) in [6, 6.07) is 5.48. The molecule has 0 aliphatic heterocycles. The van der Waals surface area contributed by atoms with Crippen LogP contribution in [0.25, 0.3) is 0 Å². The average molecular weight is 344 g/mol. The first-order valence-electron chi connectivity index (χ1n) is 6.87. The number of esters is 1. The third-order valence-electron chi connectivity index (χ3n) is 2.84. The van der Waals surface area contributed by atoms with Crippen molar-refractivity contribution in [3.63, 3.8) is 0 Å². The predicted octanol–water partition coefficient (Wildman–Crippen LogP) is 3.58. The van der Waals surface area contributed by atoms with Crippen LogP contribution in [0.3, 0.4) is 0 Å². The number of rotatable bonds is 7. The maximum Gasteiger partial charge on any atom is 0.347 e. The minimum atomic E-state index is -0.591. The molecule has 5 heteroatoms. The van der Waals surface area contributed by atoms with Crippen molar-refractivity contribution in [2.24, 2.45) is 5.73 Å². The first-order valence-corrected chi connectivity index (χ1v) is 7.67. The number of benzene rings is 1. The van der Waals surface area contributed by atoms with Gasteiger partial charge in [0.25, 0.3) is 0 Å². The van der Waals surface area contributed by atoms with Gasteiger partial charge in [0.15, 0.2) is 6.10 Å². The summed E-state index contributed by atoms with van der Waals surface area (Å²) in [6.07, 6.45) is 0.862. The van der Waals surface area contributed by atoms with E-state index in [2.05, 4.69) is 15.9 Å². The maximum absolute atomic E-state index is 11.9. The Bertz CT molecular complexity index is 449. The van der Waals surface area contributed by atoms with E-state index in [4.69, 9.17) is 15.2 Å². The Morgan fingerprint density at radius 1 is 1.40 bits per heavy atom. The van der Waals surface area contributed by atoms with Crippen molar-refractivity contribution in [1.29, 1.82) is 0 Å². The van der Waals surface area contributed by atoms with Crippen molar-refractivity contribution in [1.82, 2.24) is 0 Å². The fourth-order valence-electron chi connectivity index (χ4n) is 1.86. The molecule has 1 aromatic carbocycles. The van der Waals surface area contributed by atoms with Gasteiger partial charge in [-0.25, -0.2) is 4.79 Å². The van der Waals surface area contributed by atoms with Gasteiger partial charge in [0.1, 0.15) is 5.75 Å². The van der Waals surface area contributed by atoms with Gasteiger partial charge in [-0.2, -0.15) is 0 Å². The van der Waals surface area contributed by atoms with Crippen LogP contribution in [0.4, 0.5) is 0 Å². The summed E-state index contributed by atoms with van der Waals surface area (Å²) in [5.74, 6) is 0.297. The van der Waals surface area contributed by atoms with Crippen molar-refractivity contribution < 1.29 is 14.3 Å². The standard InChI is InChI=1S/C15H22BrNO3/c1-4-6-13(15(18)19-5-2)20-14-9-11(16)7-8-12(14)10(3)17/h7-10,13H,4-6,17H2,1-3H3. The maximum atomic E-state index is 11.9. The molecule has 2 N–H and O–H groups in total. The zero-order valence-corrected chi connectivity index (χ0v) is 13.8. The number of carbonyl (C=O) groups excluding carboxylic acids is 1. The SMILES string of the molecule is CCCC(Oc1cc(Br)ccc1C(C)N)C(=O)OCC. The van der Waals surface area contributed by atoms with Gasteiger partial charge >= 0.3 is 5.97 Å². The molecule has 1 aromatic rings. The molecule has 1 rings (SSSR count). The lowest BCUT2D eigenvalue weighted by Crippen LogP contribution is -2.30. The Morgan fingerprint density at radius 2 is 2.10 bits per heavy atom. The van der Waals surface area contributed by atoms with Crippen molar-refractivity contribution in [2.45, 2.75) is 45.8 Å². The van der Waals surface area contributed by atoms with E-state index in [1.807, 2.05) is 32.0 Å². The lowest BCUT2D eigenvalue weighted by molar-refractivity contribution is -0.151. The summed E-state index contributed by atoms with van der Waals surface area (Å²) < 4.78 is 11.8. The van der Waals surface area contributed by atoms with Gasteiger partial charge in [0.05, 0.1) is 6.61 Å². The smallest absolute Gasteiger partial charge is 0.347 e. The van der Waals surface area contributed by atoms with Gasteiger partial charge in [0, 0.05) is 16.1 Å². The van der Waals surface area contributed by atoms with E-state index in [0.717, 1.165) is 16.5 Å². The second-order valence-electron chi connectivity index (χ2n) is 4.62. The number of nitrogens with two attached hydrogens (primary N) is 1. The van der Waals surface area contributed by atoms with Gasteiger partial charge < -0.3 is 15.2 Å².